The van der Waals surface area contributed by atoms with Crippen molar-refractivity contribution in [1.29, 1.82) is 0 Å². The van der Waals surface area contributed by atoms with Crippen molar-refractivity contribution in [2.24, 2.45) is 0 Å². The van der Waals surface area contributed by atoms with Crippen LogP contribution in [0.25, 0.3) is 10.2 Å². The Hall–Kier alpha value is -2.31. The van der Waals surface area contributed by atoms with Crippen LogP contribution in [0.3, 0.4) is 0 Å². The van der Waals surface area contributed by atoms with Gasteiger partial charge in [0.2, 0.25) is 0 Å². The molecule has 0 spiro atoms. The van der Waals surface area contributed by atoms with Crippen LogP contribution in [0.2, 0.25) is 5.02 Å². The van der Waals surface area contributed by atoms with E-state index in [0.29, 0.717) is 22.4 Å². The predicted octanol–water partition coefficient (Wildman–Crippen LogP) is 3.85. The van der Waals surface area contributed by atoms with Crippen LogP contribution < -0.4 is 16.4 Å². The topological polar surface area (TPSA) is 80.0 Å². The Balaban J connectivity index is 1.61. The number of fused-ring (bicyclic) bond motifs is 1. The first-order valence-electron chi connectivity index (χ1n) is 6.55. The minimum Gasteiger partial charge on any atom is -0.399 e. The summed E-state index contributed by atoms with van der Waals surface area (Å²) in [5.74, 6) is 0. The zero-order valence-corrected chi connectivity index (χ0v) is 13.0. The van der Waals surface area contributed by atoms with Gasteiger partial charge in [-0.25, -0.2) is 9.78 Å². The summed E-state index contributed by atoms with van der Waals surface area (Å²) in [6.07, 6.45) is 0. The molecule has 0 aliphatic heterocycles. The summed E-state index contributed by atoms with van der Waals surface area (Å²) in [5.41, 5.74) is 8.18. The highest BCUT2D eigenvalue weighted by atomic mass is 35.5. The first-order chi connectivity index (χ1) is 10.6. The van der Waals surface area contributed by atoms with Crippen LogP contribution in [0.15, 0.2) is 42.5 Å². The van der Waals surface area contributed by atoms with Gasteiger partial charge in [-0.15, -0.1) is 0 Å². The Bertz CT molecular complexity index is 816. The molecule has 22 heavy (non-hydrogen) atoms. The molecule has 2 amide bonds. The molecule has 3 rings (SSSR count). The summed E-state index contributed by atoms with van der Waals surface area (Å²) in [6.45, 7) is 0.418. The van der Waals surface area contributed by atoms with Crippen molar-refractivity contribution in [3.63, 3.8) is 0 Å². The van der Waals surface area contributed by atoms with E-state index >= 15 is 0 Å². The van der Waals surface area contributed by atoms with E-state index < -0.39 is 0 Å². The number of aromatic nitrogens is 1. The normalized spacial score (nSPS) is 10.6. The van der Waals surface area contributed by atoms with Crippen LogP contribution in [-0.2, 0) is 6.54 Å². The predicted molar refractivity (Wildman–Crippen MR) is 91.3 cm³/mol. The molecule has 7 heteroatoms. The molecule has 0 unspecified atom stereocenters. The van der Waals surface area contributed by atoms with Gasteiger partial charge >= 0.3 is 6.03 Å². The van der Waals surface area contributed by atoms with Crippen molar-refractivity contribution in [1.82, 2.24) is 10.3 Å². The lowest BCUT2D eigenvalue weighted by atomic mass is 10.2. The number of halogens is 1. The largest absolute Gasteiger partial charge is 0.399 e. The Kier molecular flexibility index (Phi) is 4.13. The average Bonchev–Trinajstić information content (AvgIpc) is 2.88. The minimum atomic E-state index is -0.304. The third-order valence-corrected chi connectivity index (χ3v) is 4.18. The standard InChI is InChI=1S/C15H13ClN4OS/c16-10-3-1-9(2-4-10)8-18-14(21)20-15-19-12-6-5-11(17)7-13(12)22-15/h1-7H,8,17H2,(H2,18,19,20,21). The molecule has 2 aromatic carbocycles. The van der Waals surface area contributed by atoms with Gasteiger partial charge in [0.15, 0.2) is 5.13 Å². The summed E-state index contributed by atoms with van der Waals surface area (Å²) >= 11 is 7.20. The quantitative estimate of drug-likeness (QED) is 0.637. The van der Waals surface area contributed by atoms with Crippen LogP contribution in [0.4, 0.5) is 15.6 Å². The van der Waals surface area contributed by atoms with Crippen molar-refractivity contribution < 1.29 is 4.79 Å². The van der Waals surface area contributed by atoms with E-state index in [4.69, 9.17) is 17.3 Å². The van der Waals surface area contributed by atoms with Crippen molar-refractivity contribution in [2.75, 3.05) is 11.1 Å². The Morgan fingerprint density at radius 2 is 2.00 bits per heavy atom. The molecule has 1 heterocycles. The molecule has 0 fully saturated rings. The average molecular weight is 333 g/mol. The minimum absolute atomic E-state index is 0.304. The smallest absolute Gasteiger partial charge is 0.321 e. The van der Waals surface area contributed by atoms with Crippen molar-refractivity contribution in [3.8, 4) is 0 Å². The fraction of sp³-hybridized carbons (Fsp3) is 0.0667. The molecule has 0 radical (unpaired) electrons. The molecule has 0 saturated heterocycles. The van der Waals surface area contributed by atoms with Crippen LogP contribution in [0.1, 0.15) is 5.56 Å². The third kappa shape index (κ3) is 3.47. The number of nitrogens with one attached hydrogen (secondary N) is 2. The summed E-state index contributed by atoms with van der Waals surface area (Å²) in [5, 5.41) is 6.70. The van der Waals surface area contributed by atoms with Gasteiger partial charge in [-0.1, -0.05) is 35.1 Å². The molecule has 1 aromatic heterocycles. The molecular formula is C15H13ClN4OS. The number of hydrogen-bond acceptors (Lipinski definition) is 4. The number of carbonyl (C=O) groups excluding carboxylic acids is 1. The summed E-state index contributed by atoms with van der Waals surface area (Å²) < 4.78 is 0.938. The van der Waals surface area contributed by atoms with Crippen LogP contribution in [-0.4, -0.2) is 11.0 Å². The van der Waals surface area contributed by atoms with Gasteiger partial charge in [-0.05, 0) is 35.9 Å². The number of benzene rings is 2. The number of amides is 2. The highest BCUT2D eigenvalue weighted by Crippen LogP contribution is 2.27. The SMILES string of the molecule is Nc1ccc2nc(NC(=O)NCc3ccc(Cl)cc3)sc2c1. The molecule has 0 aliphatic carbocycles. The second-order valence-electron chi connectivity index (χ2n) is 4.68. The number of urea groups is 1. The maximum absolute atomic E-state index is 11.9. The van der Waals surface area contributed by atoms with E-state index in [9.17, 15) is 4.79 Å². The first-order valence-corrected chi connectivity index (χ1v) is 7.75. The van der Waals surface area contributed by atoms with Gasteiger partial charge in [-0.2, -0.15) is 0 Å². The molecule has 0 atom stereocenters. The monoisotopic (exact) mass is 332 g/mol. The highest BCUT2D eigenvalue weighted by Gasteiger charge is 2.07. The van der Waals surface area contributed by atoms with E-state index in [1.54, 1.807) is 18.2 Å². The number of nitrogens with zero attached hydrogens (tertiary/aromatic N) is 1. The first kappa shape index (κ1) is 14.6. The molecule has 4 N–H and O–H groups in total. The van der Waals surface area contributed by atoms with Gasteiger partial charge in [0.25, 0.3) is 0 Å². The van der Waals surface area contributed by atoms with E-state index in [1.165, 1.54) is 11.3 Å². The zero-order valence-electron chi connectivity index (χ0n) is 11.5. The molecule has 0 saturated carbocycles. The van der Waals surface area contributed by atoms with Crippen LogP contribution >= 0.6 is 22.9 Å². The fourth-order valence-electron chi connectivity index (χ4n) is 1.92. The van der Waals surface area contributed by atoms with Crippen molar-refractivity contribution in [3.05, 3.63) is 53.1 Å². The second-order valence-corrected chi connectivity index (χ2v) is 6.15. The Morgan fingerprint density at radius 3 is 2.77 bits per heavy atom. The number of rotatable bonds is 3. The Labute approximate surface area is 136 Å². The molecular weight excluding hydrogens is 320 g/mol. The number of anilines is 2. The fourth-order valence-corrected chi connectivity index (χ4v) is 2.96. The second kappa shape index (κ2) is 6.21. The molecule has 0 aliphatic rings. The number of carbonyl (C=O) groups is 1. The number of nitrogens with two attached hydrogens (primary N) is 1. The van der Waals surface area contributed by atoms with Gasteiger partial charge in [-0.3, -0.25) is 5.32 Å². The molecule has 5 nitrogen and oxygen atoms in total. The van der Waals surface area contributed by atoms with Crippen molar-refractivity contribution >= 4 is 50.0 Å². The van der Waals surface area contributed by atoms with E-state index in [1.807, 2.05) is 24.3 Å². The van der Waals surface area contributed by atoms with Crippen LogP contribution in [0, 0.1) is 0 Å². The third-order valence-electron chi connectivity index (χ3n) is 3.00. The lowest BCUT2D eigenvalue weighted by Crippen LogP contribution is -2.28. The van der Waals surface area contributed by atoms with Crippen LogP contribution in [0.5, 0.6) is 0 Å². The van der Waals surface area contributed by atoms with Gasteiger partial charge in [0, 0.05) is 17.3 Å². The maximum atomic E-state index is 11.9. The molecule has 3 aromatic rings. The summed E-state index contributed by atoms with van der Waals surface area (Å²) in [4.78, 5) is 16.2. The maximum Gasteiger partial charge on any atom is 0.321 e. The molecule has 0 bridgehead atoms. The van der Waals surface area contributed by atoms with Gasteiger partial charge < -0.3 is 11.1 Å². The lowest BCUT2D eigenvalue weighted by Gasteiger charge is -2.05. The van der Waals surface area contributed by atoms with E-state index in [-0.39, 0.29) is 6.03 Å². The Morgan fingerprint density at radius 1 is 1.23 bits per heavy atom. The summed E-state index contributed by atoms with van der Waals surface area (Å²) in [6, 6.07) is 12.4. The van der Waals surface area contributed by atoms with Crippen molar-refractivity contribution in [2.45, 2.75) is 6.54 Å². The number of hydrogen-bond donors (Lipinski definition) is 3. The summed E-state index contributed by atoms with van der Waals surface area (Å²) in [7, 11) is 0. The lowest BCUT2D eigenvalue weighted by molar-refractivity contribution is 0.251. The van der Waals surface area contributed by atoms with E-state index in [0.717, 1.165) is 15.8 Å². The number of nitrogen functional groups attached to an aromatic ring is 1. The van der Waals surface area contributed by atoms with Gasteiger partial charge in [0.05, 0.1) is 10.2 Å². The number of thiazole rings is 1. The van der Waals surface area contributed by atoms with E-state index in [2.05, 4.69) is 15.6 Å². The zero-order chi connectivity index (χ0) is 15.5. The highest BCUT2D eigenvalue weighted by molar-refractivity contribution is 7.22. The molecule has 112 valence electrons. The van der Waals surface area contributed by atoms with Gasteiger partial charge in [0.1, 0.15) is 0 Å².